The quantitative estimate of drug-likeness (QED) is 0.713. The summed E-state index contributed by atoms with van der Waals surface area (Å²) in [5, 5.41) is 0.623. The van der Waals surface area contributed by atoms with Gasteiger partial charge in [-0.25, -0.2) is 4.98 Å². The van der Waals surface area contributed by atoms with Crippen molar-refractivity contribution in [3.05, 3.63) is 39.9 Å². The molecule has 3 aliphatic heterocycles. The lowest BCUT2D eigenvalue weighted by molar-refractivity contribution is 0.0332. The van der Waals surface area contributed by atoms with Gasteiger partial charge in [0.2, 0.25) is 0 Å². The van der Waals surface area contributed by atoms with Crippen molar-refractivity contribution < 1.29 is 9.53 Å². The SMILES string of the molecule is O=C(c1ccc2c(=O)n3c(nc2c1)CCCCCC3)N1CCC(CCN2CCOCC2)CC1. The molecule has 3 aliphatic rings. The number of hydrogen-bond donors (Lipinski definition) is 0. The second-order valence-corrected chi connectivity index (χ2v) is 9.86. The Morgan fingerprint density at radius 2 is 1.79 bits per heavy atom. The number of benzene rings is 1. The number of rotatable bonds is 4. The molecule has 5 rings (SSSR count). The van der Waals surface area contributed by atoms with E-state index in [1.165, 1.54) is 19.3 Å². The van der Waals surface area contributed by atoms with Crippen LogP contribution in [0, 0.1) is 5.92 Å². The molecule has 1 aromatic heterocycles. The molecular weight excluding hydrogens is 416 g/mol. The molecule has 0 radical (unpaired) electrons. The monoisotopic (exact) mass is 452 g/mol. The number of amides is 1. The van der Waals surface area contributed by atoms with Crippen LogP contribution < -0.4 is 5.56 Å². The van der Waals surface area contributed by atoms with Crippen LogP contribution >= 0.6 is 0 Å². The molecule has 33 heavy (non-hydrogen) atoms. The smallest absolute Gasteiger partial charge is 0.261 e. The molecule has 4 heterocycles. The molecule has 2 saturated heterocycles. The van der Waals surface area contributed by atoms with Crippen molar-refractivity contribution in [2.45, 2.75) is 57.9 Å². The molecule has 1 amide bonds. The van der Waals surface area contributed by atoms with Crippen LogP contribution in [0.2, 0.25) is 0 Å². The maximum atomic E-state index is 13.2. The summed E-state index contributed by atoms with van der Waals surface area (Å²) in [4.78, 5) is 35.6. The van der Waals surface area contributed by atoms with Crippen molar-refractivity contribution in [3.8, 4) is 0 Å². The lowest BCUT2D eigenvalue weighted by Gasteiger charge is -2.34. The molecule has 2 fully saturated rings. The van der Waals surface area contributed by atoms with E-state index < -0.39 is 0 Å². The minimum absolute atomic E-state index is 0.0389. The topological polar surface area (TPSA) is 67.7 Å². The average Bonchev–Trinajstić information content (AvgIpc) is 2.84. The number of morpholine rings is 1. The van der Waals surface area contributed by atoms with Crippen LogP contribution in [0.25, 0.3) is 10.9 Å². The van der Waals surface area contributed by atoms with E-state index in [4.69, 9.17) is 9.72 Å². The van der Waals surface area contributed by atoms with E-state index in [9.17, 15) is 9.59 Å². The van der Waals surface area contributed by atoms with Crippen molar-refractivity contribution in [1.29, 1.82) is 0 Å². The third kappa shape index (κ3) is 5.14. The molecule has 0 saturated carbocycles. The van der Waals surface area contributed by atoms with Crippen LogP contribution in [0.15, 0.2) is 23.0 Å². The molecule has 0 aliphatic carbocycles. The van der Waals surface area contributed by atoms with Gasteiger partial charge in [0.05, 0.1) is 24.1 Å². The molecule has 2 aromatic rings. The maximum Gasteiger partial charge on any atom is 0.261 e. The Morgan fingerprint density at radius 3 is 2.61 bits per heavy atom. The number of aryl methyl sites for hydroxylation is 1. The molecule has 7 heteroatoms. The third-order valence-electron chi connectivity index (χ3n) is 7.67. The van der Waals surface area contributed by atoms with E-state index in [-0.39, 0.29) is 11.5 Å². The summed E-state index contributed by atoms with van der Waals surface area (Å²) >= 11 is 0. The first-order valence-electron chi connectivity index (χ1n) is 12.8. The third-order valence-corrected chi connectivity index (χ3v) is 7.67. The molecule has 178 valence electrons. The van der Waals surface area contributed by atoms with Crippen molar-refractivity contribution in [3.63, 3.8) is 0 Å². The fraction of sp³-hybridized carbons (Fsp3) is 0.654. The Hall–Kier alpha value is -2.25. The van der Waals surface area contributed by atoms with Gasteiger partial charge >= 0.3 is 0 Å². The minimum Gasteiger partial charge on any atom is -0.379 e. The number of piperidine rings is 1. The van der Waals surface area contributed by atoms with Crippen molar-refractivity contribution in [1.82, 2.24) is 19.4 Å². The lowest BCUT2D eigenvalue weighted by Crippen LogP contribution is -2.40. The molecule has 0 bridgehead atoms. The van der Waals surface area contributed by atoms with Crippen LogP contribution in [0.5, 0.6) is 0 Å². The standard InChI is InChI=1S/C26H36N4O3/c31-25(29-13-9-20(10-14-29)8-12-28-15-17-33-18-16-28)21-6-7-22-23(19-21)27-24-5-3-1-2-4-11-30(24)26(22)32/h6-7,19-20H,1-5,8-18H2. The number of aromatic nitrogens is 2. The molecule has 1 aromatic carbocycles. The Balaban J connectivity index is 1.24. The van der Waals surface area contributed by atoms with Crippen LogP contribution in [-0.4, -0.2) is 71.2 Å². The van der Waals surface area contributed by atoms with E-state index in [0.29, 0.717) is 22.4 Å². The van der Waals surface area contributed by atoms with Gasteiger partial charge in [0.15, 0.2) is 0 Å². The summed E-state index contributed by atoms with van der Waals surface area (Å²) < 4.78 is 7.29. The van der Waals surface area contributed by atoms with Crippen LogP contribution in [0.3, 0.4) is 0 Å². The highest BCUT2D eigenvalue weighted by molar-refractivity contribution is 5.97. The molecule has 0 unspecified atom stereocenters. The van der Waals surface area contributed by atoms with Gasteiger partial charge in [-0.1, -0.05) is 12.8 Å². The molecule has 0 spiro atoms. The number of nitrogens with zero attached hydrogens (tertiary/aromatic N) is 4. The maximum absolute atomic E-state index is 13.2. The van der Waals surface area contributed by atoms with Crippen LogP contribution in [0.1, 0.15) is 61.1 Å². The normalized spacial score (nSPS) is 20.9. The second-order valence-electron chi connectivity index (χ2n) is 9.86. The summed E-state index contributed by atoms with van der Waals surface area (Å²) in [6, 6.07) is 5.45. The zero-order valence-corrected chi connectivity index (χ0v) is 19.6. The zero-order chi connectivity index (χ0) is 22.6. The van der Waals surface area contributed by atoms with Gasteiger partial charge in [0, 0.05) is 44.7 Å². The van der Waals surface area contributed by atoms with E-state index in [1.807, 2.05) is 21.6 Å². The van der Waals surface area contributed by atoms with Gasteiger partial charge in [0.25, 0.3) is 11.5 Å². The average molecular weight is 453 g/mol. The van der Waals surface area contributed by atoms with Crippen LogP contribution in [-0.2, 0) is 17.7 Å². The first kappa shape index (κ1) is 22.5. The number of likely N-dealkylation sites (tertiary alicyclic amines) is 1. The number of ether oxygens (including phenoxy) is 1. The predicted octanol–water partition coefficient (Wildman–Crippen LogP) is 3.09. The summed E-state index contributed by atoms with van der Waals surface area (Å²) in [6.07, 6.45) is 8.62. The molecular formula is C26H36N4O3. The van der Waals surface area contributed by atoms with E-state index >= 15 is 0 Å². The minimum atomic E-state index is 0.0389. The number of carbonyl (C=O) groups is 1. The van der Waals surface area contributed by atoms with Crippen molar-refractivity contribution in [2.75, 3.05) is 45.9 Å². The Kier molecular flexibility index (Phi) is 7.07. The summed E-state index contributed by atoms with van der Waals surface area (Å²) in [6.45, 7) is 7.29. The van der Waals surface area contributed by atoms with E-state index in [2.05, 4.69) is 4.90 Å². The summed E-state index contributed by atoms with van der Waals surface area (Å²) in [7, 11) is 0. The highest BCUT2D eigenvalue weighted by Crippen LogP contribution is 2.23. The van der Waals surface area contributed by atoms with Gasteiger partial charge < -0.3 is 9.64 Å². The highest BCUT2D eigenvalue weighted by atomic mass is 16.5. The predicted molar refractivity (Wildman–Crippen MR) is 129 cm³/mol. The number of hydrogen-bond acceptors (Lipinski definition) is 5. The molecule has 0 N–H and O–H groups in total. The fourth-order valence-electron chi connectivity index (χ4n) is 5.53. The van der Waals surface area contributed by atoms with Crippen molar-refractivity contribution >= 4 is 16.8 Å². The molecule has 7 nitrogen and oxygen atoms in total. The fourth-order valence-corrected chi connectivity index (χ4v) is 5.53. The Morgan fingerprint density at radius 1 is 1.00 bits per heavy atom. The highest BCUT2D eigenvalue weighted by Gasteiger charge is 2.25. The second kappa shape index (κ2) is 10.3. The first-order chi connectivity index (χ1) is 16.2. The van der Waals surface area contributed by atoms with Gasteiger partial charge in [0.1, 0.15) is 5.82 Å². The number of carbonyl (C=O) groups excluding carboxylic acids is 1. The largest absolute Gasteiger partial charge is 0.379 e. The number of fused-ring (bicyclic) bond motifs is 2. The Bertz CT molecular complexity index is 1040. The Labute approximate surface area is 195 Å². The summed E-state index contributed by atoms with van der Waals surface area (Å²) in [5.41, 5.74) is 1.35. The lowest BCUT2D eigenvalue weighted by atomic mass is 9.93. The summed E-state index contributed by atoms with van der Waals surface area (Å²) in [5.74, 6) is 1.63. The zero-order valence-electron chi connectivity index (χ0n) is 19.6. The van der Waals surface area contributed by atoms with Crippen LogP contribution in [0.4, 0.5) is 0 Å². The van der Waals surface area contributed by atoms with Gasteiger partial charge in [-0.3, -0.25) is 19.1 Å². The first-order valence-corrected chi connectivity index (χ1v) is 12.8. The van der Waals surface area contributed by atoms with Gasteiger partial charge in [-0.15, -0.1) is 0 Å². The van der Waals surface area contributed by atoms with Crippen molar-refractivity contribution in [2.24, 2.45) is 5.92 Å². The van der Waals surface area contributed by atoms with E-state index in [0.717, 1.165) is 90.4 Å². The van der Waals surface area contributed by atoms with E-state index in [1.54, 1.807) is 6.07 Å². The molecule has 0 atom stereocenters. The van der Waals surface area contributed by atoms with Gasteiger partial charge in [-0.05, 0) is 62.8 Å². The van der Waals surface area contributed by atoms with Gasteiger partial charge in [-0.2, -0.15) is 0 Å².